The first-order valence-electron chi connectivity index (χ1n) is 5.12. The Labute approximate surface area is 100 Å². The summed E-state index contributed by atoms with van der Waals surface area (Å²) in [5, 5.41) is 37.8. The summed E-state index contributed by atoms with van der Waals surface area (Å²) in [5.41, 5.74) is 0. The molecule has 0 radical (unpaired) electrons. The number of rotatable bonds is 0. The van der Waals surface area contributed by atoms with Crippen molar-refractivity contribution in [1.29, 1.82) is 0 Å². The lowest BCUT2D eigenvalue weighted by atomic mass is 10.9. The van der Waals surface area contributed by atoms with Crippen LogP contribution in [0.3, 0.4) is 0 Å². The zero-order valence-corrected chi connectivity index (χ0v) is 11.5. The van der Waals surface area contributed by atoms with E-state index in [9.17, 15) is 0 Å². The highest BCUT2D eigenvalue weighted by Gasteiger charge is 1.35. The first-order chi connectivity index (χ1) is 7.07. The lowest BCUT2D eigenvalue weighted by Crippen LogP contribution is -1.57. The van der Waals surface area contributed by atoms with Crippen molar-refractivity contribution < 1.29 is 25.5 Å². The predicted octanol–water partition coefficient (Wildman–Crippen LogP) is 0.155. The molecular formula is C10H33NO5. The smallest absolute Gasteiger partial charge is 0.0402 e. The quantitative estimate of drug-likeness (QED) is 0.361. The molecule has 0 bridgehead atoms. The van der Waals surface area contributed by atoms with Gasteiger partial charge in [0.2, 0.25) is 0 Å². The van der Waals surface area contributed by atoms with E-state index in [0.717, 1.165) is 0 Å². The maximum Gasteiger partial charge on any atom is 0.0402 e. The van der Waals surface area contributed by atoms with Crippen LogP contribution in [0, 0.1) is 0 Å². The van der Waals surface area contributed by atoms with Crippen LogP contribution in [-0.2, 0) is 0 Å². The Hall–Kier alpha value is -0.240. The molecule has 0 unspecified atom stereocenters. The van der Waals surface area contributed by atoms with E-state index in [1.54, 1.807) is 34.6 Å². The molecule has 0 rings (SSSR count). The van der Waals surface area contributed by atoms with E-state index < -0.39 is 0 Å². The Kier molecular flexibility index (Phi) is 278. The van der Waals surface area contributed by atoms with Crippen molar-refractivity contribution in [2.75, 3.05) is 33.0 Å². The fraction of sp³-hybridized carbons (Fsp3) is 1.00. The van der Waals surface area contributed by atoms with E-state index in [2.05, 4.69) is 0 Å². The molecule has 0 spiro atoms. The summed E-state index contributed by atoms with van der Waals surface area (Å²) in [7, 11) is 0. The van der Waals surface area contributed by atoms with Crippen molar-refractivity contribution in [3.05, 3.63) is 0 Å². The number of aliphatic hydroxyl groups is 5. The van der Waals surface area contributed by atoms with Gasteiger partial charge in [0.05, 0.1) is 0 Å². The molecule has 0 aliphatic heterocycles. The highest BCUT2D eigenvalue weighted by atomic mass is 16.3. The molecule has 0 saturated heterocycles. The van der Waals surface area contributed by atoms with E-state index >= 15 is 0 Å². The molecule has 0 atom stereocenters. The third kappa shape index (κ3) is 38900. The first kappa shape index (κ1) is 36.0. The van der Waals surface area contributed by atoms with Gasteiger partial charge in [0, 0.05) is 33.0 Å². The first-order valence-corrected chi connectivity index (χ1v) is 5.12. The fourth-order valence-electron chi connectivity index (χ4n) is 0. The van der Waals surface area contributed by atoms with Crippen LogP contribution in [0.1, 0.15) is 34.6 Å². The zero-order valence-electron chi connectivity index (χ0n) is 11.5. The standard InChI is InChI=1S/5C2H6O.H3N/c5*1-2-3;/h5*3H,2H2,1H3;1H3. The molecule has 0 saturated carbocycles. The zero-order chi connectivity index (χ0) is 13.5. The van der Waals surface area contributed by atoms with Gasteiger partial charge in [-0.15, -0.1) is 0 Å². The van der Waals surface area contributed by atoms with E-state index in [4.69, 9.17) is 25.5 Å². The van der Waals surface area contributed by atoms with Crippen LogP contribution in [0.5, 0.6) is 0 Å². The molecule has 0 aromatic rings. The third-order valence-electron chi connectivity index (χ3n) is 0. The molecule has 0 aromatic carbocycles. The van der Waals surface area contributed by atoms with Crippen molar-refractivity contribution in [3.63, 3.8) is 0 Å². The summed E-state index contributed by atoms with van der Waals surface area (Å²) in [4.78, 5) is 0. The average molecular weight is 247 g/mol. The largest absolute Gasteiger partial charge is 0.397 e. The van der Waals surface area contributed by atoms with Crippen molar-refractivity contribution in [2.45, 2.75) is 34.6 Å². The van der Waals surface area contributed by atoms with Crippen molar-refractivity contribution in [3.8, 4) is 0 Å². The summed E-state index contributed by atoms with van der Waals surface area (Å²) in [6.07, 6.45) is 0. The molecule has 0 aliphatic rings. The van der Waals surface area contributed by atoms with Gasteiger partial charge in [0.15, 0.2) is 0 Å². The van der Waals surface area contributed by atoms with Crippen LogP contribution in [0.25, 0.3) is 0 Å². The lowest BCUT2D eigenvalue weighted by Gasteiger charge is -1.52. The maximum atomic E-state index is 7.57. The van der Waals surface area contributed by atoms with Gasteiger partial charge < -0.3 is 31.7 Å². The number of aliphatic hydroxyl groups excluding tert-OH is 5. The van der Waals surface area contributed by atoms with Gasteiger partial charge >= 0.3 is 0 Å². The molecule has 16 heavy (non-hydrogen) atoms. The van der Waals surface area contributed by atoms with Gasteiger partial charge in [0.25, 0.3) is 0 Å². The van der Waals surface area contributed by atoms with Crippen molar-refractivity contribution >= 4 is 0 Å². The van der Waals surface area contributed by atoms with Crippen molar-refractivity contribution in [2.24, 2.45) is 0 Å². The van der Waals surface area contributed by atoms with E-state index in [1.807, 2.05) is 0 Å². The molecule has 0 aromatic heterocycles. The van der Waals surface area contributed by atoms with Gasteiger partial charge in [-0.2, -0.15) is 0 Å². The molecule has 108 valence electrons. The number of hydrogen-bond donors (Lipinski definition) is 6. The van der Waals surface area contributed by atoms with Crippen LogP contribution >= 0.6 is 0 Å². The second-order valence-corrected chi connectivity index (χ2v) is 1.58. The summed E-state index contributed by atoms with van der Waals surface area (Å²) in [5.74, 6) is 0. The van der Waals surface area contributed by atoms with E-state index in [-0.39, 0.29) is 39.2 Å². The summed E-state index contributed by atoms with van der Waals surface area (Å²) in [6, 6.07) is 0. The molecule has 0 aliphatic carbocycles. The van der Waals surface area contributed by atoms with Crippen LogP contribution in [-0.4, -0.2) is 58.6 Å². The normalized spacial score (nSPS) is 5.62. The van der Waals surface area contributed by atoms with Gasteiger partial charge in [-0.1, -0.05) is 0 Å². The summed E-state index contributed by atoms with van der Waals surface area (Å²) < 4.78 is 0. The van der Waals surface area contributed by atoms with Crippen LogP contribution in [0.15, 0.2) is 0 Å². The van der Waals surface area contributed by atoms with E-state index in [0.29, 0.717) is 0 Å². The van der Waals surface area contributed by atoms with E-state index in [1.165, 1.54) is 0 Å². The monoisotopic (exact) mass is 247 g/mol. The van der Waals surface area contributed by atoms with Crippen LogP contribution in [0.2, 0.25) is 0 Å². The second kappa shape index (κ2) is 123. The number of hydrogen-bond acceptors (Lipinski definition) is 6. The Bertz CT molecular complexity index is 30.8. The second-order valence-electron chi connectivity index (χ2n) is 1.58. The predicted molar refractivity (Wildman–Crippen MR) is 68.8 cm³/mol. The SMILES string of the molecule is CCO.CCO.CCO.CCO.CCO.N. The molecular weight excluding hydrogens is 214 g/mol. The average Bonchev–Trinajstić information content (AvgIpc) is 2.09. The molecule has 6 heteroatoms. The Morgan fingerprint density at radius 1 is 0.438 bits per heavy atom. The van der Waals surface area contributed by atoms with Gasteiger partial charge in [-0.25, -0.2) is 0 Å². The molecule has 6 nitrogen and oxygen atoms in total. The topological polar surface area (TPSA) is 136 Å². The maximum absolute atomic E-state index is 7.57. The van der Waals surface area contributed by atoms with Gasteiger partial charge in [-0.05, 0) is 34.6 Å². The molecule has 0 fully saturated rings. The Morgan fingerprint density at radius 2 is 0.438 bits per heavy atom. The van der Waals surface area contributed by atoms with Crippen molar-refractivity contribution in [1.82, 2.24) is 6.15 Å². The fourth-order valence-corrected chi connectivity index (χ4v) is 0. The summed E-state index contributed by atoms with van der Waals surface area (Å²) >= 11 is 0. The highest BCUT2D eigenvalue weighted by Crippen LogP contribution is 1.31. The molecule has 0 heterocycles. The van der Waals surface area contributed by atoms with Crippen LogP contribution < -0.4 is 6.15 Å². The Balaban J connectivity index is -0.0000000192. The van der Waals surface area contributed by atoms with Crippen LogP contribution in [0.4, 0.5) is 0 Å². The highest BCUT2D eigenvalue weighted by molar-refractivity contribution is 3.85. The minimum Gasteiger partial charge on any atom is -0.397 e. The Morgan fingerprint density at radius 3 is 0.438 bits per heavy atom. The van der Waals surface area contributed by atoms with Gasteiger partial charge in [0.1, 0.15) is 0 Å². The van der Waals surface area contributed by atoms with Gasteiger partial charge in [-0.3, -0.25) is 0 Å². The minimum absolute atomic E-state index is 0. The minimum atomic E-state index is 0. The molecule has 0 amide bonds. The summed E-state index contributed by atoms with van der Waals surface area (Å²) in [6.45, 7) is 9.65. The lowest BCUT2D eigenvalue weighted by molar-refractivity contribution is 0.318. The molecule has 8 N–H and O–H groups in total. The third-order valence-corrected chi connectivity index (χ3v) is 0.